The van der Waals surface area contributed by atoms with Gasteiger partial charge in [-0.2, -0.15) is 0 Å². The molecule has 0 aromatic heterocycles. The highest BCUT2D eigenvalue weighted by molar-refractivity contribution is 7.89. The second-order valence-corrected chi connectivity index (χ2v) is 6.27. The molecule has 0 unspecified atom stereocenters. The van der Waals surface area contributed by atoms with Crippen molar-refractivity contribution in [2.75, 3.05) is 45.8 Å². The van der Waals surface area contributed by atoms with Crippen molar-refractivity contribution in [1.29, 1.82) is 0 Å². The predicted molar refractivity (Wildman–Crippen MR) is 80.6 cm³/mol. The quantitative estimate of drug-likeness (QED) is 0.757. The fourth-order valence-electron chi connectivity index (χ4n) is 1.68. The smallest absolute Gasteiger partial charge is 0.248 e. The van der Waals surface area contributed by atoms with Gasteiger partial charge in [0.2, 0.25) is 15.9 Å². The van der Waals surface area contributed by atoms with E-state index in [0.29, 0.717) is 13.1 Å². The zero-order valence-corrected chi connectivity index (χ0v) is 13.3. The van der Waals surface area contributed by atoms with Crippen LogP contribution in [0.3, 0.4) is 0 Å². The molecule has 2 N–H and O–H groups in total. The molecule has 0 saturated heterocycles. The number of primary sulfonamides is 1. The van der Waals surface area contributed by atoms with Gasteiger partial charge in [0.05, 0.1) is 4.90 Å². The topological polar surface area (TPSA) is 92.9 Å². The zero-order chi connectivity index (χ0) is 16.0. The van der Waals surface area contributed by atoms with Crippen LogP contribution in [0.4, 0.5) is 5.69 Å². The Hall–Kier alpha value is -1.64. The third kappa shape index (κ3) is 5.33. The number of amides is 1. The molecular formula is C13H21N3O4S. The Morgan fingerprint density at radius 1 is 1.19 bits per heavy atom. The molecule has 0 heterocycles. The SMILES string of the molecule is COCC(=O)N(C)CCN(C)c1ccc(S(N)(=O)=O)cc1. The number of rotatable bonds is 7. The van der Waals surface area contributed by atoms with E-state index in [1.165, 1.54) is 19.2 Å². The van der Waals surface area contributed by atoms with Gasteiger partial charge in [-0.25, -0.2) is 13.6 Å². The van der Waals surface area contributed by atoms with Crippen LogP contribution in [0.2, 0.25) is 0 Å². The van der Waals surface area contributed by atoms with E-state index in [-0.39, 0.29) is 17.4 Å². The van der Waals surface area contributed by atoms with E-state index >= 15 is 0 Å². The number of carbonyl (C=O) groups excluding carboxylic acids is 1. The third-order valence-electron chi connectivity index (χ3n) is 3.07. The maximum absolute atomic E-state index is 11.5. The summed E-state index contributed by atoms with van der Waals surface area (Å²) >= 11 is 0. The summed E-state index contributed by atoms with van der Waals surface area (Å²) in [6.45, 7) is 1.21. The Bertz CT molecular complexity index is 572. The summed E-state index contributed by atoms with van der Waals surface area (Å²) in [5.41, 5.74) is 0.843. The fraction of sp³-hybridized carbons (Fsp3) is 0.462. The number of sulfonamides is 1. The number of nitrogens with zero attached hydrogens (tertiary/aromatic N) is 2. The first-order chi connectivity index (χ1) is 9.75. The standard InChI is InChI=1S/C13H21N3O4S/c1-15(8-9-16(2)13(17)10-20-3)11-4-6-12(7-5-11)21(14,18)19/h4-7H,8-10H2,1-3H3,(H2,14,18,19). The largest absolute Gasteiger partial charge is 0.375 e. The van der Waals surface area contributed by atoms with Gasteiger partial charge in [0.15, 0.2) is 0 Å². The van der Waals surface area contributed by atoms with Gasteiger partial charge in [0.25, 0.3) is 0 Å². The number of carbonyl (C=O) groups is 1. The summed E-state index contributed by atoms with van der Waals surface area (Å²) < 4.78 is 27.1. The molecule has 0 radical (unpaired) electrons. The molecule has 0 saturated carbocycles. The highest BCUT2D eigenvalue weighted by Crippen LogP contribution is 2.15. The molecule has 0 aliphatic heterocycles. The van der Waals surface area contributed by atoms with Gasteiger partial charge in [-0.1, -0.05) is 0 Å². The molecule has 0 fully saturated rings. The summed E-state index contributed by atoms with van der Waals surface area (Å²) in [6.07, 6.45) is 0. The maximum Gasteiger partial charge on any atom is 0.248 e. The summed E-state index contributed by atoms with van der Waals surface area (Å²) in [7, 11) is 1.37. The van der Waals surface area contributed by atoms with Gasteiger partial charge in [0, 0.05) is 40.0 Å². The van der Waals surface area contributed by atoms with Gasteiger partial charge in [-0.3, -0.25) is 4.79 Å². The molecule has 1 aromatic rings. The molecule has 0 aliphatic rings. The van der Waals surface area contributed by atoms with Crippen LogP contribution in [-0.2, 0) is 19.6 Å². The fourth-order valence-corrected chi connectivity index (χ4v) is 2.19. The molecule has 1 aromatic carbocycles. The van der Waals surface area contributed by atoms with E-state index in [0.717, 1.165) is 5.69 Å². The number of anilines is 1. The Kier molecular flexibility index (Phi) is 6.13. The van der Waals surface area contributed by atoms with E-state index < -0.39 is 10.0 Å². The first-order valence-electron chi connectivity index (χ1n) is 6.32. The second kappa shape index (κ2) is 7.39. The first-order valence-corrected chi connectivity index (χ1v) is 7.87. The van der Waals surface area contributed by atoms with Crippen LogP contribution in [0.5, 0.6) is 0 Å². The van der Waals surface area contributed by atoms with Gasteiger partial charge in [-0.05, 0) is 24.3 Å². The summed E-state index contributed by atoms with van der Waals surface area (Å²) in [5, 5.41) is 5.05. The Labute approximate surface area is 125 Å². The zero-order valence-electron chi connectivity index (χ0n) is 12.4. The Morgan fingerprint density at radius 2 is 1.76 bits per heavy atom. The van der Waals surface area contributed by atoms with Crippen molar-refractivity contribution < 1.29 is 17.9 Å². The molecule has 8 heteroatoms. The van der Waals surface area contributed by atoms with Crippen molar-refractivity contribution in [3.05, 3.63) is 24.3 Å². The Morgan fingerprint density at radius 3 is 2.24 bits per heavy atom. The minimum absolute atomic E-state index is 0.0588. The number of likely N-dealkylation sites (N-methyl/N-ethyl adjacent to an activating group) is 2. The number of hydrogen-bond acceptors (Lipinski definition) is 5. The van der Waals surface area contributed by atoms with E-state index in [4.69, 9.17) is 9.88 Å². The minimum Gasteiger partial charge on any atom is -0.375 e. The van der Waals surface area contributed by atoms with Gasteiger partial charge >= 0.3 is 0 Å². The van der Waals surface area contributed by atoms with E-state index in [1.54, 1.807) is 24.1 Å². The van der Waals surface area contributed by atoms with E-state index in [9.17, 15) is 13.2 Å². The minimum atomic E-state index is -3.67. The van der Waals surface area contributed by atoms with Crippen molar-refractivity contribution in [1.82, 2.24) is 4.90 Å². The highest BCUT2D eigenvalue weighted by Gasteiger charge is 2.11. The van der Waals surface area contributed by atoms with Crippen LogP contribution >= 0.6 is 0 Å². The van der Waals surface area contributed by atoms with Crippen molar-refractivity contribution in [3.63, 3.8) is 0 Å². The monoisotopic (exact) mass is 315 g/mol. The highest BCUT2D eigenvalue weighted by atomic mass is 32.2. The molecule has 21 heavy (non-hydrogen) atoms. The first kappa shape index (κ1) is 17.4. The lowest BCUT2D eigenvalue weighted by Crippen LogP contribution is -2.36. The molecule has 7 nitrogen and oxygen atoms in total. The summed E-state index contributed by atoms with van der Waals surface area (Å²) in [4.78, 5) is 15.1. The summed E-state index contributed by atoms with van der Waals surface area (Å²) in [5.74, 6) is -0.0875. The second-order valence-electron chi connectivity index (χ2n) is 4.71. The summed E-state index contributed by atoms with van der Waals surface area (Å²) in [6, 6.07) is 6.27. The normalized spacial score (nSPS) is 11.2. The van der Waals surface area contributed by atoms with E-state index in [2.05, 4.69) is 0 Å². The van der Waals surface area contributed by atoms with Crippen LogP contribution in [0.15, 0.2) is 29.2 Å². The lowest BCUT2D eigenvalue weighted by atomic mass is 10.3. The van der Waals surface area contributed by atoms with Crippen LogP contribution in [-0.4, -0.2) is 60.1 Å². The average Bonchev–Trinajstić information content (AvgIpc) is 2.43. The number of hydrogen-bond donors (Lipinski definition) is 1. The molecule has 0 atom stereocenters. The van der Waals surface area contributed by atoms with Crippen LogP contribution in [0, 0.1) is 0 Å². The van der Waals surface area contributed by atoms with Crippen molar-refractivity contribution >= 4 is 21.6 Å². The number of benzene rings is 1. The van der Waals surface area contributed by atoms with Gasteiger partial charge in [0.1, 0.15) is 6.61 Å². The van der Waals surface area contributed by atoms with E-state index in [1.807, 2.05) is 11.9 Å². The van der Waals surface area contributed by atoms with Gasteiger partial charge in [-0.15, -0.1) is 0 Å². The number of nitrogens with two attached hydrogens (primary N) is 1. The molecule has 0 aliphatic carbocycles. The Balaban J connectivity index is 2.60. The van der Waals surface area contributed by atoms with Crippen molar-refractivity contribution in [3.8, 4) is 0 Å². The van der Waals surface area contributed by atoms with Crippen molar-refractivity contribution in [2.45, 2.75) is 4.90 Å². The van der Waals surface area contributed by atoms with Crippen LogP contribution in [0.1, 0.15) is 0 Å². The van der Waals surface area contributed by atoms with Crippen molar-refractivity contribution in [2.24, 2.45) is 5.14 Å². The lowest BCUT2D eigenvalue weighted by Gasteiger charge is -2.23. The number of methoxy groups -OCH3 is 1. The molecular weight excluding hydrogens is 294 g/mol. The molecule has 0 bridgehead atoms. The predicted octanol–water partition coefficient (Wildman–Crippen LogP) is -0.125. The average molecular weight is 315 g/mol. The lowest BCUT2D eigenvalue weighted by molar-refractivity contribution is -0.133. The molecule has 0 spiro atoms. The maximum atomic E-state index is 11.5. The van der Waals surface area contributed by atoms with Gasteiger partial charge < -0.3 is 14.5 Å². The van der Waals surface area contributed by atoms with Crippen LogP contribution < -0.4 is 10.0 Å². The van der Waals surface area contributed by atoms with Crippen LogP contribution in [0.25, 0.3) is 0 Å². The number of ether oxygens (including phenoxy) is 1. The third-order valence-corrected chi connectivity index (χ3v) is 4.00. The molecule has 118 valence electrons. The molecule has 1 rings (SSSR count). The molecule has 1 amide bonds.